The highest BCUT2D eigenvalue weighted by Gasteiger charge is 2.42. The van der Waals surface area contributed by atoms with E-state index in [1.807, 2.05) is 12.1 Å². The van der Waals surface area contributed by atoms with E-state index in [0.29, 0.717) is 6.54 Å². The van der Waals surface area contributed by atoms with Crippen LogP contribution in [0.15, 0.2) is 53.5 Å². The Kier molecular flexibility index (Phi) is 4.34. The number of nitrogens with one attached hydrogen (secondary N) is 2. The Morgan fingerprint density at radius 2 is 1.84 bits per heavy atom. The van der Waals surface area contributed by atoms with Gasteiger partial charge in [-0.3, -0.25) is 9.20 Å². The molecular formula is C20H23N3OS. The third-order valence-corrected chi connectivity index (χ3v) is 6.34. The minimum absolute atomic E-state index is 0.230. The lowest BCUT2D eigenvalue weighted by Crippen LogP contribution is -2.56. The summed E-state index contributed by atoms with van der Waals surface area (Å²) in [6.07, 6.45) is 1.68. The molecule has 2 N–H and O–H groups in total. The van der Waals surface area contributed by atoms with Crippen LogP contribution in [-0.4, -0.2) is 27.1 Å². The van der Waals surface area contributed by atoms with Crippen LogP contribution in [0, 0.1) is 6.92 Å². The number of fused-ring (bicyclic) bond motifs is 1. The van der Waals surface area contributed by atoms with E-state index in [2.05, 4.69) is 54.0 Å². The zero-order valence-corrected chi connectivity index (χ0v) is 15.2. The monoisotopic (exact) mass is 353 g/mol. The van der Waals surface area contributed by atoms with Crippen LogP contribution in [-0.2, 0) is 17.3 Å². The molecular weight excluding hydrogens is 330 g/mol. The number of anilines is 2. The van der Waals surface area contributed by atoms with E-state index in [9.17, 15) is 4.21 Å². The van der Waals surface area contributed by atoms with Gasteiger partial charge in [-0.1, -0.05) is 42.0 Å². The van der Waals surface area contributed by atoms with Crippen LogP contribution in [0.1, 0.15) is 24.0 Å². The number of para-hydroxylation sites is 2. The van der Waals surface area contributed by atoms with Gasteiger partial charge in [0.05, 0.1) is 23.5 Å². The van der Waals surface area contributed by atoms with Gasteiger partial charge in [-0.15, -0.1) is 0 Å². The third-order valence-electron chi connectivity index (χ3n) is 5.02. The maximum atomic E-state index is 11.9. The van der Waals surface area contributed by atoms with Crippen LogP contribution in [0.25, 0.3) is 0 Å². The van der Waals surface area contributed by atoms with Gasteiger partial charge in [0.1, 0.15) is 5.84 Å². The lowest BCUT2D eigenvalue weighted by molar-refractivity contribution is 0.544. The highest BCUT2D eigenvalue weighted by molar-refractivity contribution is 7.85. The lowest BCUT2D eigenvalue weighted by Gasteiger charge is -2.43. The Morgan fingerprint density at radius 1 is 1.08 bits per heavy atom. The first-order valence-corrected chi connectivity index (χ1v) is 10.2. The third kappa shape index (κ3) is 3.33. The molecule has 25 heavy (non-hydrogen) atoms. The Bertz CT molecular complexity index is 836. The van der Waals surface area contributed by atoms with Crippen molar-refractivity contribution in [1.29, 1.82) is 0 Å². The van der Waals surface area contributed by atoms with Crippen molar-refractivity contribution < 1.29 is 4.21 Å². The first-order chi connectivity index (χ1) is 12.1. The Labute approximate surface area is 151 Å². The molecule has 4 rings (SSSR count). The van der Waals surface area contributed by atoms with Gasteiger partial charge >= 0.3 is 0 Å². The number of nitrogens with zero attached hydrogens (tertiary/aromatic N) is 1. The van der Waals surface area contributed by atoms with E-state index in [0.717, 1.165) is 41.6 Å². The van der Waals surface area contributed by atoms with Gasteiger partial charge in [-0.05, 0) is 37.5 Å². The normalized spacial score (nSPS) is 26.8. The summed E-state index contributed by atoms with van der Waals surface area (Å²) in [6.45, 7) is 2.75. The smallest absolute Gasteiger partial charge is 0.127 e. The summed E-state index contributed by atoms with van der Waals surface area (Å²) in [4.78, 5) is 4.94. The van der Waals surface area contributed by atoms with Crippen molar-refractivity contribution in [3.63, 3.8) is 0 Å². The van der Waals surface area contributed by atoms with Crippen LogP contribution in [0.2, 0.25) is 0 Å². The highest BCUT2D eigenvalue weighted by Crippen LogP contribution is 2.37. The molecule has 2 aromatic rings. The topological polar surface area (TPSA) is 53.5 Å². The van der Waals surface area contributed by atoms with E-state index in [-0.39, 0.29) is 5.54 Å². The van der Waals surface area contributed by atoms with E-state index in [4.69, 9.17) is 4.99 Å². The molecule has 2 heterocycles. The predicted octanol–water partition coefficient (Wildman–Crippen LogP) is 3.71. The second-order valence-corrected chi connectivity index (χ2v) is 8.58. The summed E-state index contributed by atoms with van der Waals surface area (Å²) in [5.74, 6) is 2.42. The molecule has 2 aliphatic heterocycles. The molecule has 0 aliphatic carbocycles. The molecule has 5 heteroatoms. The second-order valence-electron chi connectivity index (χ2n) is 6.88. The number of hydrogen-bond acceptors (Lipinski definition) is 3. The molecule has 1 fully saturated rings. The van der Waals surface area contributed by atoms with E-state index in [1.54, 1.807) is 0 Å². The number of amidine groups is 1. The first-order valence-electron chi connectivity index (χ1n) is 8.74. The molecule has 0 saturated carbocycles. The molecule has 4 nitrogen and oxygen atoms in total. The van der Waals surface area contributed by atoms with Crippen molar-refractivity contribution in [2.45, 2.75) is 31.8 Å². The fourth-order valence-corrected chi connectivity index (χ4v) is 4.96. The number of hydrogen-bond donors (Lipinski definition) is 2. The van der Waals surface area contributed by atoms with Crippen LogP contribution < -0.4 is 10.6 Å². The van der Waals surface area contributed by atoms with Crippen molar-refractivity contribution >= 4 is 28.0 Å². The molecule has 0 atom stereocenters. The van der Waals surface area contributed by atoms with Crippen molar-refractivity contribution in [2.24, 2.45) is 4.99 Å². The van der Waals surface area contributed by atoms with Crippen LogP contribution >= 0.6 is 0 Å². The summed E-state index contributed by atoms with van der Waals surface area (Å²) in [5.41, 5.74) is 4.39. The molecule has 2 aromatic carbocycles. The second kappa shape index (κ2) is 6.64. The van der Waals surface area contributed by atoms with E-state index < -0.39 is 10.8 Å². The van der Waals surface area contributed by atoms with Gasteiger partial charge in [0.2, 0.25) is 0 Å². The summed E-state index contributed by atoms with van der Waals surface area (Å²) in [6, 6.07) is 16.7. The summed E-state index contributed by atoms with van der Waals surface area (Å²) in [5, 5.41) is 7.25. The molecule has 2 aliphatic rings. The highest BCUT2D eigenvalue weighted by atomic mass is 32.2. The van der Waals surface area contributed by atoms with Crippen molar-refractivity contribution in [3.05, 3.63) is 59.7 Å². The zero-order chi connectivity index (χ0) is 17.3. The molecule has 0 aromatic heterocycles. The van der Waals surface area contributed by atoms with Gasteiger partial charge in [-0.2, -0.15) is 0 Å². The predicted molar refractivity (Wildman–Crippen MR) is 106 cm³/mol. The van der Waals surface area contributed by atoms with Gasteiger partial charge in [-0.25, -0.2) is 0 Å². The van der Waals surface area contributed by atoms with Crippen molar-refractivity contribution in [3.8, 4) is 0 Å². The van der Waals surface area contributed by atoms with Crippen LogP contribution in [0.5, 0.6) is 0 Å². The van der Waals surface area contributed by atoms with Crippen LogP contribution in [0.3, 0.4) is 0 Å². The maximum absolute atomic E-state index is 11.9. The number of benzene rings is 2. The molecule has 1 saturated heterocycles. The van der Waals surface area contributed by atoms with Gasteiger partial charge in [0, 0.05) is 22.3 Å². The molecule has 0 radical (unpaired) electrons. The first kappa shape index (κ1) is 16.3. The van der Waals surface area contributed by atoms with Gasteiger partial charge < -0.3 is 10.6 Å². The Hall–Kier alpha value is -2.14. The van der Waals surface area contributed by atoms with Crippen LogP contribution in [0.4, 0.5) is 11.4 Å². The van der Waals surface area contributed by atoms with Crippen molar-refractivity contribution in [2.75, 3.05) is 22.1 Å². The SMILES string of the molecule is Cc1cccc(CN=C2Nc3ccccc3NC23CCS(=O)CC3)c1. The van der Waals surface area contributed by atoms with Gasteiger partial charge in [0.25, 0.3) is 0 Å². The average Bonchev–Trinajstić information content (AvgIpc) is 2.62. The Balaban J connectivity index is 1.67. The van der Waals surface area contributed by atoms with E-state index in [1.165, 1.54) is 11.1 Å². The minimum Gasteiger partial charge on any atom is -0.371 e. The number of aliphatic imine (C=N–C) groups is 1. The molecule has 0 unspecified atom stereocenters. The maximum Gasteiger partial charge on any atom is 0.127 e. The van der Waals surface area contributed by atoms with Crippen molar-refractivity contribution in [1.82, 2.24) is 0 Å². The standard InChI is InChI=1S/C20H23N3OS/c1-15-5-4-6-16(13-15)14-21-19-20(9-11-25(24)12-10-20)23-18-8-3-2-7-17(18)22-19/h2-8,13,23H,9-12,14H2,1H3,(H,21,22). The fraction of sp³-hybridized carbons (Fsp3) is 0.350. The molecule has 1 spiro atoms. The molecule has 130 valence electrons. The quantitative estimate of drug-likeness (QED) is 0.865. The van der Waals surface area contributed by atoms with Gasteiger partial charge in [0.15, 0.2) is 0 Å². The molecule has 0 bridgehead atoms. The number of aryl methyl sites for hydroxylation is 1. The summed E-state index contributed by atoms with van der Waals surface area (Å²) in [7, 11) is -0.706. The number of rotatable bonds is 2. The summed E-state index contributed by atoms with van der Waals surface area (Å²) >= 11 is 0. The minimum atomic E-state index is -0.706. The average molecular weight is 353 g/mol. The zero-order valence-electron chi connectivity index (χ0n) is 14.4. The lowest BCUT2D eigenvalue weighted by atomic mass is 9.87. The fourth-order valence-electron chi connectivity index (χ4n) is 3.60. The Morgan fingerprint density at radius 3 is 2.60 bits per heavy atom. The van der Waals surface area contributed by atoms with E-state index >= 15 is 0 Å². The summed E-state index contributed by atoms with van der Waals surface area (Å²) < 4.78 is 11.9. The largest absolute Gasteiger partial charge is 0.371 e. The molecule has 0 amide bonds.